The van der Waals surface area contributed by atoms with Crippen molar-refractivity contribution in [2.24, 2.45) is 0 Å². The number of carbonyl (C=O) groups excluding carboxylic acids is 2. The molecule has 1 aliphatic carbocycles. The van der Waals surface area contributed by atoms with E-state index < -0.39 is 0 Å². The third-order valence-electron chi connectivity index (χ3n) is 5.20. The van der Waals surface area contributed by atoms with E-state index in [1.807, 2.05) is 49.4 Å². The van der Waals surface area contributed by atoms with Gasteiger partial charge in [0, 0.05) is 17.3 Å². The van der Waals surface area contributed by atoms with Crippen LogP contribution in [0.1, 0.15) is 61.0 Å². The minimum atomic E-state index is -0.0894. The first-order valence-electron chi connectivity index (χ1n) is 10.1. The lowest BCUT2D eigenvalue weighted by Gasteiger charge is -2.22. The Labute approximate surface area is 166 Å². The van der Waals surface area contributed by atoms with Crippen LogP contribution in [0.5, 0.6) is 0 Å². The molecule has 1 aliphatic rings. The number of nitrogens with one attached hydrogen (secondary N) is 3. The first-order valence-corrected chi connectivity index (χ1v) is 10.1. The summed E-state index contributed by atoms with van der Waals surface area (Å²) < 4.78 is 0. The second-order valence-corrected chi connectivity index (χ2v) is 7.44. The van der Waals surface area contributed by atoms with Crippen LogP contribution in [-0.2, 0) is 4.79 Å². The molecule has 148 valence electrons. The van der Waals surface area contributed by atoms with Gasteiger partial charge in [0.2, 0.25) is 5.91 Å². The standard InChI is InChI=1S/C23H29N3O2/c1-17(18-9-4-2-5-10-18)25-22(27)16-24-21-14-8-11-19(15-21)23(28)26-20-12-6-3-7-13-20/h2,4-5,8-11,14-15,17,20,24H,3,6-7,12-13,16H2,1H3,(H,25,27)(H,26,28). The zero-order valence-corrected chi connectivity index (χ0v) is 16.4. The molecule has 0 heterocycles. The molecule has 0 aromatic heterocycles. The van der Waals surface area contributed by atoms with E-state index in [0.717, 1.165) is 24.1 Å². The van der Waals surface area contributed by atoms with Crippen LogP contribution in [0.3, 0.4) is 0 Å². The molecule has 1 atom stereocenters. The first kappa shape index (κ1) is 19.9. The van der Waals surface area contributed by atoms with E-state index in [1.165, 1.54) is 19.3 Å². The van der Waals surface area contributed by atoms with Crippen LogP contribution in [-0.4, -0.2) is 24.4 Å². The Morgan fingerprint density at radius 2 is 1.75 bits per heavy atom. The van der Waals surface area contributed by atoms with Gasteiger partial charge in [0.1, 0.15) is 0 Å². The summed E-state index contributed by atoms with van der Waals surface area (Å²) in [6.07, 6.45) is 5.75. The molecule has 5 heteroatoms. The largest absolute Gasteiger partial charge is 0.376 e. The monoisotopic (exact) mass is 379 g/mol. The summed E-state index contributed by atoms with van der Waals surface area (Å²) in [7, 11) is 0. The van der Waals surface area contributed by atoms with Crippen molar-refractivity contribution in [1.29, 1.82) is 0 Å². The summed E-state index contributed by atoms with van der Waals surface area (Å²) in [5.41, 5.74) is 2.45. The van der Waals surface area contributed by atoms with Crippen molar-refractivity contribution in [2.45, 2.75) is 51.1 Å². The van der Waals surface area contributed by atoms with E-state index in [2.05, 4.69) is 16.0 Å². The highest BCUT2D eigenvalue weighted by Gasteiger charge is 2.17. The van der Waals surface area contributed by atoms with E-state index in [4.69, 9.17) is 0 Å². The van der Waals surface area contributed by atoms with Crippen molar-refractivity contribution < 1.29 is 9.59 Å². The summed E-state index contributed by atoms with van der Waals surface area (Å²) in [6, 6.07) is 17.4. The van der Waals surface area contributed by atoms with Crippen LogP contribution in [0, 0.1) is 0 Å². The molecule has 0 bridgehead atoms. The number of anilines is 1. The Balaban J connectivity index is 1.49. The van der Waals surface area contributed by atoms with Gasteiger partial charge in [0.05, 0.1) is 12.6 Å². The third kappa shape index (κ3) is 5.84. The fourth-order valence-corrected chi connectivity index (χ4v) is 3.59. The minimum absolute atomic E-state index is 0.0438. The van der Waals surface area contributed by atoms with Gasteiger partial charge in [-0.15, -0.1) is 0 Å². The molecule has 5 nitrogen and oxygen atoms in total. The van der Waals surface area contributed by atoms with Gasteiger partial charge in [-0.05, 0) is 43.5 Å². The molecule has 0 aliphatic heterocycles. The molecule has 1 unspecified atom stereocenters. The van der Waals surface area contributed by atoms with E-state index in [-0.39, 0.29) is 30.4 Å². The molecule has 2 aromatic carbocycles. The average molecular weight is 380 g/mol. The van der Waals surface area contributed by atoms with Crippen LogP contribution < -0.4 is 16.0 Å². The van der Waals surface area contributed by atoms with E-state index in [1.54, 1.807) is 12.1 Å². The molecule has 0 spiro atoms. The minimum Gasteiger partial charge on any atom is -0.376 e. The smallest absolute Gasteiger partial charge is 0.251 e. The topological polar surface area (TPSA) is 70.2 Å². The molecule has 1 saturated carbocycles. The quantitative estimate of drug-likeness (QED) is 0.680. The fourth-order valence-electron chi connectivity index (χ4n) is 3.59. The highest BCUT2D eigenvalue weighted by Crippen LogP contribution is 2.18. The maximum Gasteiger partial charge on any atom is 0.251 e. The molecule has 0 saturated heterocycles. The van der Waals surface area contributed by atoms with Gasteiger partial charge < -0.3 is 16.0 Å². The zero-order chi connectivity index (χ0) is 19.8. The van der Waals surface area contributed by atoms with Crippen molar-refractivity contribution in [3.63, 3.8) is 0 Å². The van der Waals surface area contributed by atoms with Crippen LogP contribution >= 0.6 is 0 Å². The molecule has 2 aromatic rings. The summed E-state index contributed by atoms with van der Waals surface area (Å²) >= 11 is 0. The van der Waals surface area contributed by atoms with Crippen LogP contribution in [0.2, 0.25) is 0 Å². The number of benzene rings is 2. The van der Waals surface area contributed by atoms with Crippen molar-refractivity contribution in [2.75, 3.05) is 11.9 Å². The Bertz CT molecular complexity index is 785. The van der Waals surface area contributed by atoms with Crippen molar-refractivity contribution >= 4 is 17.5 Å². The number of hydrogen-bond acceptors (Lipinski definition) is 3. The molecule has 3 rings (SSSR count). The highest BCUT2D eigenvalue weighted by molar-refractivity contribution is 5.95. The van der Waals surface area contributed by atoms with Crippen molar-refractivity contribution in [3.8, 4) is 0 Å². The number of rotatable bonds is 7. The van der Waals surface area contributed by atoms with Gasteiger partial charge in [0.25, 0.3) is 5.91 Å². The lowest BCUT2D eigenvalue weighted by molar-refractivity contribution is -0.120. The summed E-state index contributed by atoms with van der Waals surface area (Å²) in [5, 5.41) is 9.21. The lowest BCUT2D eigenvalue weighted by Crippen LogP contribution is -2.36. The van der Waals surface area contributed by atoms with Gasteiger partial charge in [0.15, 0.2) is 0 Å². The summed E-state index contributed by atoms with van der Waals surface area (Å²) in [4.78, 5) is 24.7. The Hall–Kier alpha value is -2.82. The predicted octanol–water partition coefficient (Wildman–Crippen LogP) is 4.04. The normalized spacial score (nSPS) is 15.5. The summed E-state index contributed by atoms with van der Waals surface area (Å²) in [5.74, 6) is -0.133. The number of hydrogen-bond donors (Lipinski definition) is 3. The molecule has 1 fully saturated rings. The maximum absolute atomic E-state index is 12.5. The zero-order valence-electron chi connectivity index (χ0n) is 16.4. The van der Waals surface area contributed by atoms with E-state index in [0.29, 0.717) is 5.56 Å². The number of amides is 2. The molecule has 2 amide bonds. The lowest BCUT2D eigenvalue weighted by atomic mass is 9.95. The Morgan fingerprint density at radius 1 is 1.00 bits per heavy atom. The second-order valence-electron chi connectivity index (χ2n) is 7.44. The molecule has 3 N–H and O–H groups in total. The average Bonchev–Trinajstić information content (AvgIpc) is 2.74. The molecule has 28 heavy (non-hydrogen) atoms. The highest BCUT2D eigenvalue weighted by atomic mass is 16.2. The Morgan fingerprint density at radius 3 is 2.50 bits per heavy atom. The van der Waals surface area contributed by atoms with Gasteiger partial charge in [-0.1, -0.05) is 55.7 Å². The van der Waals surface area contributed by atoms with Gasteiger partial charge in [-0.2, -0.15) is 0 Å². The van der Waals surface area contributed by atoms with Crippen LogP contribution in [0.15, 0.2) is 54.6 Å². The Kier molecular flexibility index (Phi) is 7.06. The third-order valence-corrected chi connectivity index (χ3v) is 5.20. The van der Waals surface area contributed by atoms with Crippen LogP contribution in [0.25, 0.3) is 0 Å². The molecular formula is C23H29N3O2. The molecule has 0 radical (unpaired) electrons. The predicted molar refractivity (Wildman–Crippen MR) is 112 cm³/mol. The van der Waals surface area contributed by atoms with Crippen molar-refractivity contribution in [1.82, 2.24) is 10.6 Å². The van der Waals surface area contributed by atoms with E-state index >= 15 is 0 Å². The van der Waals surface area contributed by atoms with Crippen molar-refractivity contribution in [3.05, 3.63) is 65.7 Å². The first-order chi connectivity index (χ1) is 13.6. The summed E-state index contributed by atoms with van der Waals surface area (Å²) in [6.45, 7) is 2.12. The second kappa shape index (κ2) is 9.93. The van der Waals surface area contributed by atoms with Crippen LogP contribution in [0.4, 0.5) is 5.69 Å². The SMILES string of the molecule is CC(NC(=O)CNc1cccc(C(=O)NC2CCCCC2)c1)c1ccccc1. The van der Waals surface area contributed by atoms with Gasteiger partial charge >= 0.3 is 0 Å². The van der Waals surface area contributed by atoms with Gasteiger partial charge in [-0.3, -0.25) is 9.59 Å². The van der Waals surface area contributed by atoms with Gasteiger partial charge in [-0.25, -0.2) is 0 Å². The number of carbonyl (C=O) groups is 2. The van der Waals surface area contributed by atoms with E-state index in [9.17, 15) is 9.59 Å². The molecular weight excluding hydrogens is 350 g/mol. The maximum atomic E-state index is 12.5. The fraction of sp³-hybridized carbons (Fsp3) is 0.391.